The van der Waals surface area contributed by atoms with Crippen molar-refractivity contribution in [2.75, 3.05) is 26.4 Å². The first-order valence-corrected chi connectivity index (χ1v) is 53.8. The van der Waals surface area contributed by atoms with Crippen molar-refractivity contribution in [2.45, 2.75) is 469 Å². The molecule has 116 heavy (non-hydrogen) atoms. The minimum Gasteiger partial charge on any atom is -0.462 e. The number of amides is 1. The predicted molar refractivity (Wildman–Crippen MR) is 492 cm³/mol. The molecule has 3 N–H and O–H groups in total. The van der Waals surface area contributed by atoms with E-state index in [4.69, 9.17) is 47.1 Å². The summed E-state index contributed by atoms with van der Waals surface area (Å²) < 4.78 is 76.8. The first-order chi connectivity index (χ1) is 56.0. The van der Waals surface area contributed by atoms with Crippen molar-refractivity contribution in [3.63, 3.8) is 0 Å². The average molecular weight is 1680 g/mol. The summed E-state index contributed by atoms with van der Waals surface area (Å²) in [5.74, 6) is -1.16. The second-order valence-electron chi connectivity index (χ2n) is 36.3. The van der Waals surface area contributed by atoms with Gasteiger partial charge in [-0.3, -0.25) is 28.0 Å². The molecule has 0 saturated carbocycles. The number of carbonyl (C=O) groups excluding carboxylic acids is 3. The van der Waals surface area contributed by atoms with Crippen LogP contribution in [-0.4, -0.2) is 110 Å². The van der Waals surface area contributed by atoms with Crippen molar-refractivity contribution < 1.29 is 60.3 Å². The molecule has 0 spiro atoms. The van der Waals surface area contributed by atoms with Gasteiger partial charge in [-0.05, 0) is 72.1 Å². The molecule has 1 fully saturated rings. The fraction of sp³-hybridized carbons (Fsp3) is 0.786. The molecule has 2 aromatic carbocycles. The van der Waals surface area contributed by atoms with Gasteiger partial charge in [-0.25, -0.2) is 4.57 Å². The lowest BCUT2D eigenvalue weighted by molar-refractivity contribution is -0.268. The Bertz CT molecular complexity index is 2800. The number of unbranched alkanes of at least 4 members (excludes halogenated alkanes) is 43. The number of carbonyl (C=O) groups is 3. The lowest BCUT2D eigenvalue weighted by Crippen LogP contribution is -2.69. The lowest BCUT2D eigenvalue weighted by Gasteiger charge is -2.48. The molecule has 1 aliphatic heterocycles. The third-order valence-electron chi connectivity index (χ3n) is 23.8. The van der Waals surface area contributed by atoms with Crippen LogP contribution in [-0.2, 0) is 60.3 Å². The van der Waals surface area contributed by atoms with Crippen LogP contribution in [0.4, 0.5) is 0 Å². The maximum Gasteiger partial charge on any atom is 0.475 e. The van der Waals surface area contributed by atoms with E-state index >= 15 is 9.36 Å². The van der Waals surface area contributed by atoms with E-state index < -0.39 is 84.4 Å². The van der Waals surface area contributed by atoms with E-state index in [9.17, 15) is 9.59 Å². The highest BCUT2D eigenvalue weighted by Gasteiger charge is 2.55. The van der Waals surface area contributed by atoms with Crippen molar-refractivity contribution >= 4 is 52.7 Å². The Morgan fingerprint density at radius 2 is 0.922 bits per heavy atom. The van der Waals surface area contributed by atoms with Crippen LogP contribution >= 0.6 is 7.82 Å². The Balaban J connectivity index is 2.23. The molecule has 15 nitrogen and oxygen atoms in total. The second kappa shape index (κ2) is 65.1. The number of phosphoric ester groups is 1. The SMILES string of the molecule is C=CCOP(=O)(OCC=C)O[C@H]1[C@H](OC(=O)C[C@@H](CCCCCCCCCCC)OC(=O)CCCCCCCCCCCCC)[C@@H](N)[C@H](OC[C@H](NC(=O)CCCCCCCCCCCCCCCCC)[C@@H](/C=C/CCCCCCCCCCCCC)O[Si](C)(C)C(C)(C)C)O[C@@H]1CO[Si](c1ccccc1)(c1ccccc1)C(C)(C)C. The van der Waals surface area contributed by atoms with Crippen molar-refractivity contribution in [3.8, 4) is 0 Å². The summed E-state index contributed by atoms with van der Waals surface area (Å²) >= 11 is 0. The zero-order chi connectivity index (χ0) is 84.9. The molecule has 18 heteroatoms. The van der Waals surface area contributed by atoms with Gasteiger partial charge in [-0.1, -0.05) is 424 Å². The number of esters is 2. The molecular formula is C98H175N2O13PSi2. The van der Waals surface area contributed by atoms with Gasteiger partial charge in [0.2, 0.25) is 5.91 Å². The molecule has 8 atom stereocenters. The predicted octanol–water partition coefficient (Wildman–Crippen LogP) is 26.8. The summed E-state index contributed by atoms with van der Waals surface area (Å²) in [7, 11) is -10.6. The van der Waals surface area contributed by atoms with Gasteiger partial charge < -0.3 is 38.8 Å². The summed E-state index contributed by atoms with van der Waals surface area (Å²) in [6.07, 6.45) is 56.5. The summed E-state index contributed by atoms with van der Waals surface area (Å²) in [6.45, 7) is 33.6. The molecule has 668 valence electrons. The smallest absolute Gasteiger partial charge is 0.462 e. The third-order valence-corrected chi connectivity index (χ3v) is 34.7. The molecule has 3 rings (SSSR count). The number of benzene rings is 2. The molecule has 0 radical (unpaired) electrons. The highest BCUT2D eigenvalue weighted by atomic mass is 31.2. The quantitative estimate of drug-likeness (QED) is 0.0209. The van der Waals surface area contributed by atoms with E-state index in [1.807, 2.05) is 36.4 Å². The van der Waals surface area contributed by atoms with Gasteiger partial charge in [-0.15, -0.1) is 13.2 Å². The van der Waals surface area contributed by atoms with E-state index in [0.29, 0.717) is 19.3 Å². The van der Waals surface area contributed by atoms with Gasteiger partial charge in [0.25, 0.3) is 8.32 Å². The topological polar surface area (TPSA) is 189 Å². The van der Waals surface area contributed by atoms with Crippen LogP contribution in [0, 0.1) is 0 Å². The third kappa shape index (κ3) is 46.1. The minimum absolute atomic E-state index is 0.104. The Morgan fingerprint density at radius 1 is 0.526 bits per heavy atom. The fourth-order valence-corrected chi connectivity index (χ4v) is 22.9. The van der Waals surface area contributed by atoms with Crippen LogP contribution in [0.25, 0.3) is 0 Å². The molecule has 2 aromatic rings. The molecule has 0 unspecified atom stereocenters. The molecule has 0 bridgehead atoms. The summed E-state index contributed by atoms with van der Waals surface area (Å²) in [6, 6.07) is 18.4. The number of nitrogens with one attached hydrogen (secondary N) is 1. The van der Waals surface area contributed by atoms with Crippen LogP contribution in [0.1, 0.15) is 397 Å². The fourth-order valence-electron chi connectivity index (χ4n) is 15.7. The Labute approximate surface area is 713 Å². The van der Waals surface area contributed by atoms with E-state index in [1.165, 1.54) is 218 Å². The number of allylic oxidation sites excluding steroid dienone is 1. The zero-order valence-electron chi connectivity index (χ0n) is 76.3. The Morgan fingerprint density at radius 3 is 1.33 bits per heavy atom. The lowest BCUT2D eigenvalue weighted by atomic mass is 9.97. The zero-order valence-corrected chi connectivity index (χ0v) is 79.2. The maximum absolute atomic E-state index is 15.4. The number of phosphoric acid groups is 1. The van der Waals surface area contributed by atoms with Crippen molar-refractivity contribution in [3.05, 3.63) is 98.1 Å². The van der Waals surface area contributed by atoms with Gasteiger partial charge in [0, 0.05) is 12.8 Å². The molecule has 0 aliphatic carbocycles. The van der Waals surface area contributed by atoms with Gasteiger partial charge in [0.05, 0.1) is 51.0 Å². The molecule has 1 saturated heterocycles. The van der Waals surface area contributed by atoms with Crippen LogP contribution in [0.15, 0.2) is 98.1 Å². The summed E-state index contributed by atoms with van der Waals surface area (Å²) in [4.78, 5) is 44.2. The molecule has 1 heterocycles. The first kappa shape index (κ1) is 107. The largest absolute Gasteiger partial charge is 0.475 e. The van der Waals surface area contributed by atoms with Crippen LogP contribution in [0.5, 0.6) is 0 Å². The van der Waals surface area contributed by atoms with Gasteiger partial charge in [-0.2, -0.15) is 0 Å². The number of rotatable bonds is 75. The van der Waals surface area contributed by atoms with Gasteiger partial charge >= 0.3 is 19.8 Å². The number of hydrogen-bond acceptors (Lipinski definition) is 14. The standard InChI is InChI=1S/C98H175N2O13PSi2/c1-15-21-25-29-33-37-40-42-43-45-48-51-55-59-69-77-90(101)100-87(88(113-115(13,14)97(7,8)9)76-68-58-54-50-47-44-41-38-34-30-26-22-16-2)82-105-96-93(99)95(111-92(103)81-84(71-63-57-53-49-36-32-28-24-18-4)109-91(102)78-70-60-56-52-46-39-35-31-27-23-17-3)94(112-114(104,106-79-19-5)107-80-20-6)89(110-96)83-108-116(98(10,11)12,85-72-64-61-65-73-85)86-74-66-62-67-75-86/h19-20,61-62,64-68,72-76,84,87-89,93-96H,5-6,15-18,21-60,63,69-71,77-83,99H2,1-4,7-14H3,(H,100,101)/b76-68+/t84-,87+,88-,89-,93-,94-,95-,96-/m1/s1. The van der Waals surface area contributed by atoms with Crippen LogP contribution < -0.4 is 21.4 Å². The monoisotopic (exact) mass is 1680 g/mol. The Hall–Kier alpha value is -3.59. The second-order valence-corrected chi connectivity index (χ2v) is 46.9. The van der Waals surface area contributed by atoms with Gasteiger partial charge in [0.15, 0.2) is 20.7 Å². The van der Waals surface area contributed by atoms with E-state index in [0.717, 1.165) is 100 Å². The van der Waals surface area contributed by atoms with Crippen LogP contribution in [0.2, 0.25) is 23.2 Å². The Kier molecular flexibility index (Phi) is 59.8. The molecule has 1 amide bonds. The average Bonchev–Trinajstić information content (AvgIpc) is 0.742. The highest BCUT2D eigenvalue weighted by Crippen LogP contribution is 2.53. The first-order valence-electron chi connectivity index (χ1n) is 47.6. The maximum atomic E-state index is 15.4. The number of hydrogen-bond donors (Lipinski definition) is 2. The van der Waals surface area contributed by atoms with E-state index in [2.05, 4.69) is 137 Å². The molecule has 1 aliphatic rings. The highest BCUT2D eigenvalue weighted by molar-refractivity contribution is 7.48. The minimum atomic E-state index is -4.65. The molecule has 0 aromatic heterocycles. The normalized spacial score (nSPS) is 17.2. The summed E-state index contributed by atoms with van der Waals surface area (Å²) in [5, 5.41) is 4.75. The number of nitrogens with two attached hydrogens (primary N) is 1. The van der Waals surface area contributed by atoms with E-state index in [1.54, 1.807) is 0 Å². The van der Waals surface area contributed by atoms with Crippen molar-refractivity contribution in [1.29, 1.82) is 0 Å². The molecular weight excluding hydrogens is 1500 g/mol. The van der Waals surface area contributed by atoms with Crippen molar-refractivity contribution in [2.24, 2.45) is 5.73 Å². The van der Waals surface area contributed by atoms with E-state index in [-0.39, 0.29) is 56.2 Å². The van der Waals surface area contributed by atoms with Crippen LogP contribution in [0.3, 0.4) is 0 Å². The summed E-state index contributed by atoms with van der Waals surface area (Å²) in [5.41, 5.74) is 7.61. The number of ether oxygens (including phenoxy) is 4. The van der Waals surface area contributed by atoms with Gasteiger partial charge in [0.1, 0.15) is 18.3 Å². The van der Waals surface area contributed by atoms with Crippen molar-refractivity contribution in [1.82, 2.24) is 5.32 Å².